The van der Waals surface area contributed by atoms with Crippen LogP contribution in [0.1, 0.15) is 25.3 Å². The van der Waals surface area contributed by atoms with Gasteiger partial charge in [-0.3, -0.25) is 0 Å². The summed E-state index contributed by atoms with van der Waals surface area (Å²) in [5.41, 5.74) is 1.35. The Kier molecular flexibility index (Phi) is 7.69. The van der Waals surface area contributed by atoms with Crippen LogP contribution in [0, 0.1) is 0 Å². The Bertz CT molecular complexity index is 269. The second kappa shape index (κ2) is 8.88. The van der Waals surface area contributed by atoms with E-state index in [9.17, 15) is 0 Å². The molecule has 0 fully saturated rings. The third-order valence-electron chi connectivity index (χ3n) is 2.26. The van der Waals surface area contributed by atoms with Crippen LogP contribution >= 0.6 is 0 Å². The second-order valence-electron chi connectivity index (χ2n) is 3.59. The number of pyridine rings is 1. The van der Waals surface area contributed by atoms with Gasteiger partial charge in [-0.25, -0.2) is 0 Å². The van der Waals surface area contributed by atoms with Crippen molar-refractivity contribution in [1.82, 2.24) is 4.98 Å². The van der Waals surface area contributed by atoms with Crippen molar-refractivity contribution in [2.45, 2.75) is 31.4 Å². The van der Waals surface area contributed by atoms with Gasteiger partial charge in [0.25, 0.3) is 0 Å². The SMILES string of the molecule is CC[O][Ti]([CH3])[O]CCCCc1ccncc1. The fourth-order valence-corrected chi connectivity index (χ4v) is 2.88. The van der Waals surface area contributed by atoms with E-state index in [1.165, 1.54) is 12.0 Å². The summed E-state index contributed by atoms with van der Waals surface area (Å²) in [6.07, 6.45) is 7.08. The molecule has 0 aliphatic carbocycles. The Morgan fingerprint density at radius 2 is 1.94 bits per heavy atom. The first-order chi connectivity index (χ1) is 7.83. The molecule has 1 aromatic rings. The standard InChI is InChI=1S/C9H12NO.C2H5O.CH3.Ti/c11-8-2-1-3-9-4-6-10-7-5-9;1-2-3;;/h4-7H,1-3,8H2;2H2,1H3;1H3;/q2*-1;;+2. The predicted octanol–water partition coefficient (Wildman–Crippen LogP) is 2.95. The van der Waals surface area contributed by atoms with Crippen molar-refractivity contribution in [2.24, 2.45) is 0 Å². The van der Waals surface area contributed by atoms with Crippen LogP contribution in [0.2, 0.25) is 5.23 Å². The van der Waals surface area contributed by atoms with Crippen LogP contribution in [-0.4, -0.2) is 18.2 Å². The summed E-state index contributed by atoms with van der Waals surface area (Å²) in [7, 11) is 0. The fraction of sp³-hybridized carbons (Fsp3) is 0.583. The van der Waals surface area contributed by atoms with Gasteiger partial charge in [-0.1, -0.05) is 0 Å². The number of aryl methyl sites for hydroxylation is 1. The number of hydrogen-bond acceptors (Lipinski definition) is 3. The zero-order chi connectivity index (χ0) is 11.6. The number of hydrogen-bond donors (Lipinski definition) is 0. The molecule has 0 aromatic carbocycles. The molecule has 0 aliphatic rings. The van der Waals surface area contributed by atoms with Crippen LogP contribution in [-0.2, 0) is 31.7 Å². The molecule has 1 aromatic heterocycles. The summed E-state index contributed by atoms with van der Waals surface area (Å²) in [6.45, 7) is 3.64. The van der Waals surface area contributed by atoms with E-state index >= 15 is 0 Å². The maximum atomic E-state index is 5.65. The van der Waals surface area contributed by atoms with Crippen LogP contribution < -0.4 is 0 Å². The first kappa shape index (κ1) is 13.8. The normalized spacial score (nSPS) is 10.4. The van der Waals surface area contributed by atoms with Gasteiger partial charge in [0.2, 0.25) is 0 Å². The molecule has 0 atom stereocenters. The summed E-state index contributed by atoms with van der Waals surface area (Å²) >= 11 is -1.58. The van der Waals surface area contributed by atoms with Crippen molar-refractivity contribution in [2.75, 3.05) is 13.2 Å². The number of aromatic nitrogens is 1. The van der Waals surface area contributed by atoms with Crippen LogP contribution in [0.5, 0.6) is 0 Å². The van der Waals surface area contributed by atoms with Gasteiger partial charge >= 0.3 is 105 Å². The van der Waals surface area contributed by atoms with Crippen molar-refractivity contribution in [1.29, 1.82) is 0 Å². The molecule has 1 heterocycles. The number of unbranched alkanes of at least 4 members (excludes halogenated alkanes) is 1. The van der Waals surface area contributed by atoms with Gasteiger partial charge < -0.3 is 0 Å². The first-order valence-electron chi connectivity index (χ1n) is 5.81. The Hall–Kier alpha value is -0.216. The van der Waals surface area contributed by atoms with Crippen LogP contribution in [0.4, 0.5) is 0 Å². The molecule has 0 N–H and O–H groups in total. The summed E-state index contributed by atoms with van der Waals surface area (Å²) in [5, 5.41) is 2.10. The van der Waals surface area contributed by atoms with Gasteiger partial charge in [0.1, 0.15) is 0 Å². The Morgan fingerprint density at radius 1 is 1.19 bits per heavy atom. The molecule has 0 radical (unpaired) electrons. The summed E-state index contributed by atoms with van der Waals surface area (Å²) < 4.78 is 11.1. The molecule has 89 valence electrons. The quantitative estimate of drug-likeness (QED) is 0.530. The Morgan fingerprint density at radius 3 is 2.62 bits per heavy atom. The van der Waals surface area contributed by atoms with Gasteiger partial charge in [0.15, 0.2) is 0 Å². The predicted molar refractivity (Wildman–Crippen MR) is 60.6 cm³/mol. The van der Waals surface area contributed by atoms with E-state index in [1.54, 1.807) is 0 Å². The van der Waals surface area contributed by atoms with Crippen LogP contribution in [0.25, 0.3) is 0 Å². The van der Waals surface area contributed by atoms with E-state index in [1.807, 2.05) is 19.3 Å². The average Bonchev–Trinajstić information content (AvgIpc) is 2.30. The molecule has 3 nitrogen and oxygen atoms in total. The monoisotopic (exact) mass is 258 g/mol. The molecular formula is C12H20NO2Ti. The Balaban J connectivity index is 2.00. The minimum atomic E-state index is -1.58. The molecule has 0 aliphatic heterocycles. The first-order valence-corrected chi connectivity index (χ1v) is 8.64. The van der Waals surface area contributed by atoms with Gasteiger partial charge in [-0.15, -0.1) is 0 Å². The van der Waals surface area contributed by atoms with Crippen molar-refractivity contribution in [3.63, 3.8) is 0 Å². The van der Waals surface area contributed by atoms with Crippen molar-refractivity contribution in [3.05, 3.63) is 30.1 Å². The topological polar surface area (TPSA) is 31.4 Å². The zero-order valence-corrected chi connectivity index (χ0v) is 11.7. The third-order valence-corrected chi connectivity index (χ3v) is 4.30. The maximum absolute atomic E-state index is 5.65. The molecular weight excluding hydrogens is 238 g/mol. The van der Waals surface area contributed by atoms with E-state index in [0.717, 1.165) is 26.1 Å². The van der Waals surface area contributed by atoms with E-state index in [2.05, 4.69) is 22.3 Å². The molecule has 0 spiro atoms. The van der Waals surface area contributed by atoms with Crippen LogP contribution in [0.15, 0.2) is 24.5 Å². The average molecular weight is 258 g/mol. The van der Waals surface area contributed by atoms with Crippen molar-refractivity contribution < 1.29 is 25.3 Å². The van der Waals surface area contributed by atoms with Gasteiger partial charge in [0.05, 0.1) is 0 Å². The van der Waals surface area contributed by atoms with Gasteiger partial charge in [-0.2, -0.15) is 0 Å². The van der Waals surface area contributed by atoms with E-state index in [0.29, 0.717) is 0 Å². The van der Waals surface area contributed by atoms with Crippen molar-refractivity contribution in [3.8, 4) is 0 Å². The number of nitrogens with zero attached hydrogens (tertiary/aromatic N) is 1. The number of rotatable bonds is 8. The Labute approximate surface area is 105 Å². The minimum absolute atomic E-state index is 0.781. The van der Waals surface area contributed by atoms with Gasteiger partial charge in [0, 0.05) is 0 Å². The molecule has 1 rings (SSSR count). The molecule has 0 bridgehead atoms. The van der Waals surface area contributed by atoms with E-state index in [-0.39, 0.29) is 0 Å². The second-order valence-corrected chi connectivity index (χ2v) is 6.02. The molecule has 0 unspecified atom stereocenters. The molecule has 4 heteroatoms. The van der Waals surface area contributed by atoms with Gasteiger partial charge in [-0.05, 0) is 0 Å². The summed E-state index contributed by atoms with van der Waals surface area (Å²) in [4.78, 5) is 4.00. The molecule has 0 saturated heterocycles. The summed E-state index contributed by atoms with van der Waals surface area (Å²) in [5.74, 6) is 0. The van der Waals surface area contributed by atoms with E-state index in [4.69, 9.17) is 6.64 Å². The summed E-state index contributed by atoms with van der Waals surface area (Å²) in [6, 6.07) is 4.14. The third kappa shape index (κ3) is 6.38. The fourth-order valence-electron chi connectivity index (χ4n) is 1.44. The molecule has 0 amide bonds. The molecule has 0 saturated carbocycles. The van der Waals surface area contributed by atoms with Crippen LogP contribution in [0.3, 0.4) is 0 Å². The molecule has 16 heavy (non-hydrogen) atoms. The zero-order valence-electron chi connectivity index (χ0n) is 10.1. The van der Waals surface area contributed by atoms with Crippen molar-refractivity contribution >= 4 is 0 Å². The van der Waals surface area contributed by atoms with E-state index < -0.39 is 18.6 Å².